The first-order valence-electron chi connectivity index (χ1n) is 10.6. The Labute approximate surface area is 202 Å². The number of rotatable bonds is 14. The third kappa shape index (κ3) is 15.1. The molecule has 0 spiro atoms. The normalized spacial score (nSPS) is 17.0. The van der Waals surface area contributed by atoms with E-state index in [2.05, 4.69) is 79.0 Å². The maximum absolute atomic E-state index is 11.5. The van der Waals surface area contributed by atoms with Crippen molar-refractivity contribution in [1.82, 2.24) is 0 Å². The van der Waals surface area contributed by atoms with Gasteiger partial charge in [-0.15, -0.1) is 0 Å². The van der Waals surface area contributed by atoms with E-state index in [1.165, 1.54) is 12.7 Å². The Bertz CT molecular complexity index is 698. The van der Waals surface area contributed by atoms with E-state index in [-0.39, 0.29) is 24.1 Å². The highest BCUT2D eigenvalue weighted by atomic mass is 127. The zero-order valence-electron chi connectivity index (χ0n) is 20.1. The molecule has 0 aromatic rings. The molecule has 0 aliphatic heterocycles. The van der Waals surface area contributed by atoms with Crippen LogP contribution in [0, 0.1) is 5.92 Å². The smallest absolute Gasteiger partial charge is 0.333 e. The van der Waals surface area contributed by atoms with Crippen molar-refractivity contribution < 1.29 is 19.0 Å². The van der Waals surface area contributed by atoms with Crippen LogP contribution < -0.4 is 0 Å². The van der Waals surface area contributed by atoms with Crippen molar-refractivity contribution in [3.63, 3.8) is 0 Å². The summed E-state index contributed by atoms with van der Waals surface area (Å²) in [6.07, 6.45) is 19.7. The average molecular weight is 542 g/mol. The highest BCUT2D eigenvalue weighted by Gasteiger charge is 2.05. The molecule has 0 aromatic heterocycles. The summed E-state index contributed by atoms with van der Waals surface area (Å²) in [5.41, 5.74) is 2.98. The van der Waals surface area contributed by atoms with Gasteiger partial charge in [-0.25, -0.2) is 4.79 Å². The first-order valence-corrected chi connectivity index (χ1v) is 11.8. The van der Waals surface area contributed by atoms with Crippen molar-refractivity contribution in [2.75, 3.05) is 21.3 Å². The minimum Gasteiger partial charge on any atom is -0.466 e. The zero-order valence-corrected chi connectivity index (χ0v) is 22.2. The lowest BCUT2D eigenvalue weighted by Gasteiger charge is -2.10. The van der Waals surface area contributed by atoms with Crippen LogP contribution in [0.2, 0.25) is 0 Å². The second kappa shape index (κ2) is 18.2. The molecule has 0 aliphatic carbocycles. The molecule has 0 unspecified atom stereocenters. The van der Waals surface area contributed by atoms with Crippen molar-refractivity contribution in [3.05, 3.63) is 69.4 Å². The van der Waals surface area contributed by atoms with Gasteiger partial charge in [0.05, 0.1) is 19.3 Å². The highest BCUT2D eigenvalue weighted by molar-refractivity contribution is 14.1. The number of allylic oxidation sites excluding steroid dienone is 7. The Morgan fingerprint density at radius 3 is 2.19 bits per heavy atom. The number of hydrogen-bond donors (Lipinski definition) is 0. The summed E-state index contributed by atoms with van der Waals surface area (Å²) in [7, 11) is 4.87. The molecule has 0 rings (SSSR count). The first kappa shape index (κ1) is 29.6. The highest BCUT2D eigenvalue weighted by Crippen LogP contribution is 2.12. The molecule has 0 saturated heterocycles. The number of hydrogen-bond acceptors (Lipinski definition) is 4. The molecule has 0 N–H and O–H groups in total. The van der Waals surface area contributed by atoms with E-state index in [1.54, 1.807) is 21.1 Å². The summed E-state index contributed by atoms with van der Waals surface area (Å²) in [4.78, 5) is 11.5. The van der Waals surface area contributed by atoms with Gasteiger partial charge < -0.3 is 14.2 Å². The lowest BCUT2D eigenvalue weighted by Crippen LogP contribution is -2.06. The summed E-state index contributed by atoms with van der Waals surface area (Å²) >= 11 is 2.22. The summed E-state index contributed by atoms with van der Waals surface area (Å²) in [5, 5.41) is 0. The van der Waals surface area contributed by atoms with Crippen molar-refractivity contribution >= 4 is 28.6 Å². The van der Waals surface area contributed by atoms with E-state index in [1.807, 2.05) is 17.1 Å². The van der Waals surface area contributed by atoms with Gasteiger partial charge in [0.15, 0.2) is 0 Å². The van der Waals surface area contributed by atoms with Crippen LogP contribution in [0.1, 0.15) is 47.0 Å². The van der Waals surface area contributed by atoms with Crippen LogP contribution >= 0.6 is 22.6 Å². The van der Waals surface area contributed by atoms with Crippen molar-refractivity contribution in [2.45, 2.75) is 59.2 Å². The molecule has 0 amide bonds. The molecular weight excluding hydrogens is 503 g/mol. The maximum Gasteiger partial charge on any atom is 0.333 e. The first-order chi connectivity index (χ1) is 14.8. The SMILES string of the molecule is COC(=O)/C(C)=C/[C@H](C)/C=C/C(C)=C/[C@H](C/C=C/C(C)=C\CC[C@@H](/C=C/I)OC)OC. The number of methoxy groups -OCH3 is 3. The molecular formula is C26H39IO4. The predicted molar refractivity (Wildman–Crippen MR) is 139 cm³/mol. The van der Waals surface area contributed by atoms with Gasteiger partial charge in [-0.05, 0) is 56.1 Å². The van der Waals surface area contributed by atoms with Gasteiger partial charge in [-0.3, -0.25) is 0 Å². The largest absolute Gasteiger partial charge is 0.466 e. The molecule has 0 aliphatic rings. The molecule has 0 heterocycles. The molecule has 31 heavy (non-hydrogen) atoms. The maximum atomic E-state index is 11.5. The second-order valence-electron chi connectivity index (χ2n) is 7.50. The second-order valence-corrected chi connectivity index (χ2v) is 8.22. The van der Waals surface area contributed by atoms with Gasteiger partial charge in [0.1, 0.15) is 0 Å². The van der Waals surface area contributed by atoms with Crippen molar-refractivity contribution in [3.8, 4) is 0 Å². The fraction of sp³-hybridized carbons (Fsp3) is 0.500. The number of esters is 1. The fourth-order valence-electron chi connectivity index (χ4n) is 2.87. The number of carbonyl (C=O) groups is 1. The van der Waals surface area contributed by atoms with Gasteiger partial charge in [0, 0.05) is 19.8 Å². The minimum atomic E-state index is -0.293. The van der Waals surface area contributed by atoms with Crippen LogP contribution in [0.5, 0.6) is 0 Å². The molecule has 0 saturated carbocycles. The summed E-state index contributed by atoms with van der Waals surface area (Å²) in [5.74, 6) is -0.153. The van der Waals surface area contributed by atoms with Crippen LogP contribution in [0.3, 0.4) is 0 Å². The van der Waals surface area contributed by atoms with Crippen LogP contribution in [-0.4, -0.2) is 39.5 Å². The van der Waals surface area contributed by atoms with E-state index < -0.39 is 0 Å². The Hall–Kier alpha value is -1.44. The average Bonchev–Trinajstić information content (AvgIpc) is 2.75. The van der Waals surface area contributed by atoms with Crippen LogP contribution in [0.15, 0.2) is 69.4 Å². The van der Waals surface area contributed by atoms with Crippen molar-refractivity contribution in [2.24, 2.45) is 5.92 Å². The van der Waals surface area contributed by atoms with E-state index in [9.17, 15) is 4.79 Å². The Kier molecular flexibility index (Phi) is 17.3. The lowest BCUT2D eigenvalue weighted by molar-refractivity contribution is -0.136. The van der Waals surface area contributed by atoms with Crippen LogP contribution in [0.4, 0.5) is 0 Å². The van der Waals surface area contributed by atoms with E-state index >= 15 is 0 Å². The predicted octanol–water partition coefficient (Wildman–Crippen LogP) is 6.90. The quantitative estimate of drug-likeness (QED) is 0.104. The topological polar surface area (TPSA) is 44.8 Å². The molecule has 174 valence electrons. The third-order valence-corrected chi connectivity index (χ3v) is 5.11. The Balaban J connectivity index is 4.72. The van der Waals surface area contributed by atoms with Crippen molar-refractivity contribution in [1.29, 1.82) is 0 Å². The van der Waals surface area contributed by atoms with E-state index in [0.29, 0.717) is 5.57 Å². The molecule has 0 fully saturated rings. The van der Waals surface area contributed by atoms with Crippen LogP contribution in [-0.2, 0) is 19.0 Å². The van der Waals surface area contributed by atoms with E-state index in [4.69, 9.17) is 14.2 Å². The molecule has 0 radical (unpaired) electrons. The summed E-state index contributed by atoms with van der Waals surface area (Å²) in [6.45, 7) is 7.97. The minimum absolute atomic E-state index is 0.0167. The molecule has 4 nitrogen and oxygen atoms in total. The monoisotopic (exact) mass is 542 g/mol. The number of carbonyl (C=O) groups excluding carboxylic acids is 1. The van der Waals surface area contributed by atoms with Gasteiger partial charge >= 0.3 is 5.97 Å². The van der Waals surface area contributed by atoms with Gasteiger partial charge in [-0.1, -0.05) is 83.2 Å². The standard InChI is InChI=1S/C26H39IO4/c1-20(10-8-12-24(29-5)16-17-27)11-9-13-25(30-6)19-22(3)15-14-21(2)18-23(4)26(28)31-7/h9-11,14-19,21,24-25H,8,12-13H2,1-7H3/b11-9+,15-14+,17-16+,20-10-,22-19+,23-18+/t21-,24+,25+/m1/s1. The number of ether oxygens (including phenoxy) is 3. The molecule has 0 bridgehead atoms. The zero-order chi connectivity index (χ0) is 23.6. The van der Waals surface area contributed by atoms with Gasteiger partial charge in [0.2, 0.25) is 0 Å². The summed E-state index contributed by atoms with van der Waals surface area (Å²) < 4.78 is 17.7. The third-order valence-electron chi connectivity index (χ3n) is 4.69. The summed E-state index contributed by atoms with van der Waals surface area (Å²) in [6, 6.07) is 0. The van der Waals surface area contributed by atoms with Gasteiger partial charge in [-0.2, -0.15) is 0 Å². The molecule has 3 atom stereocenters. The lowest BCUT2D eigenvalue weighted by atomic mass is 10.1. The fourth-order valence-corrected chi connectivity index (χ4v) is 3.33. The van der Waals surface area contributed by atoms with E-state index in [0.717, 1.165) is 24.8 Å². The molecule has 0 aromatic carbocycles. The van der Waals surface area contributed by atoms with Crippen LogP contribution in [0.25, 0.3) is 0 Å². The molecule has 5 heteroatoms. The Morgan fingerprint density at radius 2 is 1.61 bits per heavy atom. The van der Waals surface area contributed by atoms with Gasteiger partial charge in [0.25, 0.3) is 0 Å². The Morgan fingerprint density at radius 1 is 0.935 bits per heavy atom. The number of halogens is 1.